The van der Waals surface area contributed by atoms with E-state index in [0.717, 1.165) is 19.3 Å². The minimum atomic E-state index is -0.227. The predicted molar refractivity (Wildman–Crippen MR) is 103 cm³/mol. The number of Topliss-reactive ketones (excluding diaryl/α,β-unsaturated/α-hetero) is 1. The lowest BCUT2D eigenvalue weighted by Gasteiger charge is -2.21. The Labute approximate surface area is 162 Å². The van der Waals surface area contributed by atoms with Gasteiger partial charge in [-0.25, -0.2) is 4.98 Å². The molecule has 1 heterocycles. The van der Waals surface area contributed by atoms with Gasteiger partial charge in [0.05, 0.1) is 17.9 Å². The number of rotatable bonds is 4. The van der Waals surface area contributed by atoms with Gasteiger partial charge in [-0.1, -0.05) is 30.3 Å². The summed E-state index contributed by atoms with van der Waals surface area (Å²) < 4.78 is 5.17. The second-order valence-corrected chi connectivity index (χ2v) is 7.39. The summed E-state index contributed by atoms with van der Waals surface area (Å²) in [5, 5.41) is 19.6. The first-order valence-corrected chi connectivity index (χ1v) is 9.44. The minimum Gasteiger partial charge on any atom is -0.497 e. The van der Waals surface area contributed by atoms with Crippen molar-refractivity contribution < 1.29 is 9.53 Å². The number of nitriles is 2. The molecule has 1 atom stereocenters. The molecule has 6 nitrogen and oxygen atoms in total. The number of ether oxygens (including phenoxy) is 1. The van der Waals surface area contributed by atoms with Crippen LogP contribution in [0.3, 0.4) is 0 Å². The lowest BCUT2D eigenvalue weighted by atomic mass is 9.97. The number of nitrogens with two attached hydrogens (primary N) is 1. The maximum absolute atomic E-state index is 12.2. The van der Waals surface area contributed by atoms with Crippen molar-refractivity contribution >= 4 is 23.4 Å². The normalized spacial score (nSPS) is 16.4. The van der Waals surface area contributed by atoms with E-state index in [0.29, 0.717) is 28.3 Å². The van der Waals surface area contributed by atoms with Crippen molar-refractivity contribution in [3.8, 4) is 29.0 Å². The van der Waals surface area contributed by atoms with Gasteiger partial charge in [-0.2, -0.15) is 10.5 Å². The van der Waals surface area contributed by atoms with Crippen LogP contribution in [0.15, 0.2) is 29.3 Å². The minimum absolute atomic E-state index is 0.0630. The first-order chi connectivity index (χ1) is 13.1. The van der Waals surface area contributed by atoms with E-state index in [4.69, 9.17) is 10.5 Å². The standard InChI is InChI=1S/C20H18N4O2S/c1-26-13-8-6-12(7-9-13)18-14(10-21)19(23)24-20(15(18)11-22)27-17-5-3-2-4-16(17)25/h6-9,17H,2-5H2,1H3,(H2,23,24)/t17-/m1/s1. The molecule has 1 fully saturated rings. The van der Waals surface area contributed by atoms with E-state index in [1.807, 2.05) is 0 Å². The maximum Gasteiger partial charge on any atom is 0.146 e. The number of carbonyl (C=O) groups excluding carboxylic acids is 1. The number of anilines is 1. The summed E-state index contributed by atoms with van der Waals surface area (Å²) in [4.78, 5) is 16.5. The van der Waals surface area contributed by atoms with Gasteiger partial charge in [0, 0.05) is 12.0 Å². The number of thioether (sulfide) groups is 1. The number of carbonyl (C=O) groups is 1. The van der Waals surface area contributed by atoms with Crippen LogP contribution >= 0.6 is 11.8 Å². The molecular weight excluding hydrogens is 360 g/mol. The fourth-order valence-corrected chi connectivity index (χ4v) is 4.36. The summed E-state index contributed by atoms with van der Waals surface area (Å²) in [5.41, 5.74) is 7.58. The van der Waals surface area contributed by atoms with Gasteiger partial charge in [-0.3, -0.25) is 4.79 Å². The molecular formula is C20H18N4O2S. The first kappa shape index (κ1) is 18.8. The van der Waals surface area contributed by atoms with Crippen LogP contribution in [0.25, 0.3) is 11.1 Å². The third-order valence-electron chi connectivity index (χ3n) is 4.55. The number of methoxy groups -OCH3 is 1. The quantitative estimate of drug-likeness (QED) is 0.863. The third-order valence-corrected chi connectivity index (χ3v) is 5.85. The number of ketones is 1. The molecule has 0 amide bonds. The Morgan fingerprint density at radius 3 is 2.48 bits per heavy atom. The highest BCUT2D eigenvalue weighted by atomic mass is 32.2. The van der Waals surface area contributed by atoms with Gasteiger partial charge in [0.15, 0.2) is 0 Å². The molecule has 1 aliphatic rings. The highest BCUT2D eigenvalue weighted by Crippen LogP contribution is 2.39. The van der Waals surface area contributed by atoms with Gasteiger partial charge in [-0.05, 0) is 30.5 Å². The smallest absolute Gasteiger partial charge is 0.146 e. The number of nitrogens with zero attached hydrogens (tertiary/aromatic N) is 3. The van der Waals surface area contributed by atoms with Crippen LogP contribution in [-0.2, 0) is 4.79 Å². The van der Waals surface area contributed by atoms with Gasteiger partial charge in [0.25, 0.3) is 0 Å². The van der Waals surface area contributed by atoms with Crippen molar-refractivity contribution in [2.45, 2.75) is 36.0 Å². The zero-order valence-corrected chi connectivity index (χ0v) is 15.7. The lowest BCUT2D eigenvalue weighted by Crippen LogP contribution is -2.21. The fourth-order valence-electron chi connectivity index (χ4n) is 3.14. The molecule has 3 rings (SSSR count). The van der Waals surface area contributed by atoms with E-state index in [1.165, 1.54) is 11.8 Å². The number of hydrogen-bond acceptors (Lipinski definition) is 7. The van der Waals surface area contributed by atoms with Crippen LogP contribution in [0, 0.1) is 22.7 Å². The van der Waals surface area contributed by atoms with Crippen LogP contribution in [-0.4, -0.2) is 23.1 Å². The van der Waals surface area contributed by atoms with Gasteiger partial charge in [-0.15, -0.1) is 0 Å². The lowest BCUT2D eigenvalue weighted by molar-refractivity contribution is -0.119. The average molecular weight is 378 g/mol. The van der Waals surface area contributed by atoms with E-state index < -0.39 is 0 Å². The average Bonchev–Trinajstić information content (AvgIpc) is 2.69. The Balaban J connectivity index is 2.13. The van der Waals surface area contributed by atoms with Crippen LogP contribution in [0.1, 0.15) is 36.8 Å². The van der Waals surface area contributed by atoms with Gasteiger partial charge < -0.3 is 10.5 Å². The third kappa shape index (κ3) is 3.74. The van der Waals surface area contributed by atoms with Crippen molar-refractivity contribution in [2.24, 2.45) is 0 Å². The number of aromatic nitrogens is 1. The van der Waals surface area contributed by atoms with E-state index in [-0.39, 0.29) is 28.0 Å². The number of nitrogen functional groups attached to an aromatic ring is 1. The van der Waals surface area contributed by atoms with Gasteiger partial charge in [0.1, 0.15) is 40.1 Å². The largest absolute Gasteiger partial charge is 0.497 e. The van der Waals surface area contributed by atoms with Crippen LogP contribution < -0.4 is 10.5 Å². The molecule has 0 spiro atoms. The number of pyridine rings is 1. The molecule has 1 aliphatic carbocycles. The zero-order chi connectivity index (χ0) is 19.4. The molecule has 136 valence electrons. The second kappa shape index (κ2) is 8.11. The fraction of sp³-hybridized carbons (Fsp3) is 0.300. The Morgan fingerprint density at radius 1 is 1.19 bits per heavy atom. The molecule has 0 radical (unpaired) electrons. The van der Waals surface area contributed by atoms with Gasteiger partial charge >= 0.3 is 0 Å². The summed E-state index contributed by atoms with van der Waals surface area (Å²) in [6.07, 6.45) is 3.19. The zero-order valence-electron chi connectivity index (χ0n) is 14.9. The van der Waals surface area contributed by atoms with Crippen LogP contribution in [0.2, 0.25) is 0 Å². The van der Waals surface area contributed by atoms with E-state index in [2.05, 4.69) is 17.1 Å². The predicted octanol–water partition coefficient (Wildman–Crippen LogP) is 3.69. The topological polar surface area (TPSA) is 113 Å². The summed E-state index contributed by atoms with van der Waals surface area (Å²) in [6.45, 7) is 0. The second-order valence-electron chi connectivity index (χ2n) is 6.20. The monoisotopic (exact) mass is 378 g/mol. The van der Waals surface area contributed by atoms with Crippen molar-refractivity contribution in [3.63, 3.8) is 0 Å². The summed E-state index contributed by atoms with van der Waals surface area (Å²) in [5.74, 6) is 0.902. The molecule has 0 bridgehead atoms. The summed E-state index contributed by atoms with van der Waals surface area (Å²) in [6, 6.07) is 11.3. The maximum atomic E-state index is 12.2. The highest BCUT2D eigenvalue weighted by Gasteiger charge is 2.27. The van der Waals surface area contributed by atoms with E-state index in [1.54, 1.807) is 31.4 Å². The number of hydrogen-bond donors (Lipinski definition) is 1. The summed E-state index contributed by atoms with van der Waals surface area (Å²) >= 11 is 1.28. The molecule has 0 aliphatic heterocycles. The summed E-state index contributed by atoms with van der Waals surface area (Å²) in [7, 11) is 1.57. The van der Waals surface area contributed by atoms with Crippen LogP contribution in [0.5, 0.6) is 5.75 Å². The van der Waals surface area contributed by atoms with Crippen molar-refractivity contribution in [2.75, 3.05) is 12.8 Å². The van der Waals surface area contributed by atoms with E-state index >= 15 is 0 Å². The molecule has 27 heavy (non-hydrogen) atoms. The molecule has 2 aromatic rings. The Morgan fingerprint density at radius 2 is 1.89 bits per heavy atom. The Kier molecular flexibility index (Phi) is 5.63. The molecule has 0 saturated heterocycles. The van der Waals surface area contributed by atoms with Gasteiger partial charge in [0.2, 0.25) is 0 Å². The molecule has 1 saturated carbocycles. The highest BCUT2D eigenvalue weighted by molar-refractivity contribution is 8.00. The molecule has 1 aromatic carbocycles. The Hall–Kier alpha value is -3.03. The molecule has 1 aromatic heterocycles. The molecule has 2 N–H and O–H groups in total. The van der Waals surface area contributed by atoms with Crippen LogP contribution in [0.4, 0.5) is 5.82 Å². The molecule has 0 unspecified atom stereocenters. The molecule has 7 heteroatoms. The Bertz CT molecular complexity index is 958. The van der Waals surface area contributed by atoms with E-state index in [9.17, 15) is 15.3 Å². The van der Waals surface area contributed by atoms with Crippen molar-refractivity contribution in [3.05, 3.63) is 35.4 Å². The first-order valence-electron chi connectivity index (χ1n) is 8.56. The van der Waals surface area contributed by atoms with Crippen molar-refractivity contribution in [1.29, 1.82) is 10.5 Å². The number of benzene rings is 1. The van der Waals surface area contributed by atoms with Crippen molar-refractivity contribution in [1.82, 2.24) is 4.98 Å². The SMILES string of the molecule is COc1ccc(-c2c(C#N)c(N)nc(S[C@@H]3CCCCC3=O)c2C#N)cc1.